The van der Waals surface area contributed by atoms with Gasteiger partial charge in [-0.3, -0.25) is 9.59 Å². The van der Waals surface area contributed by atoms with Crippen LogP contribution >= 0.6 is 0 Å². The molecule has 1 heterocycles. The first-order valence-corrected chi connectivity index (χ1v) is 5.99. The summed E-state index contributed by atoms with van der Waals surface area (Å²) in [5.74, 6) is -0.192. The lowest BCUT2D eigenvalue weighted by atomic mass is 9.87. The molecular formula is C13H18N2O2. The summed E-state index contributed by atoms with van der Waals surface area (Å²) < 4.78 is 0. The monoisotopic (exact) mass is 234 g/mol. The van der Waals surface area contributed by atoms with Crippen LogP contribution in [0.1, 0.15) is 43.6 Å². The maximum atomic E-state index is 12.0. The number of pyridine rings is 1. The molecule has 1 aliphatic rings. The number of hydrogen-bond donors (Lipinski definition) is 2. The number of carbonyl (C=O) groups is 1. The van der Waals surface area contributed by atoms with Crippen molar-refractivity contribution in [2.75, 3.05) is 0 Å². The zero-order chi connectivity index (χ0) is 12.5. The Hall–Kier alpha value is -1.58. The highest BCUT2D eigenvalue weighted by molar-refractivity contribution is 5.92. The van der Waals surface area contributed by atoms with Crippen molar-refractivity contribution in [1.29, 1.82) is 0 Å². The van der Waals surface area contributed by atoms with E-state index in [2.05, 4.69) is 24.1 Å². The second kappa shape index (κ2) is 4.35. The van der Waals surface area contributed by atoms with Crippen LogP contribution in [-0.2, 0) is 0 Å². The Labute approximate surface area is 100 Å². The second-order valence-corrected chi connectivity index (χ2v) is 5.34. The molecule has 0 aliphatic heterocycles. The van der Waals surface area contributed by atoms with Gasteiger partial charge in [-0.15, -0.1) is 0 Å². The topological polar surface area (TPSA) is 62.0 Å². The third-order valence-electron chi connectivity index (χ3n) is 3.58. The van der Waals surface area contributed by atoms with E-state index in [0.717, 1.165) is 19.3 Å². The molecule has 0 spiro atoms. The van der Waals surface area contributed by atoms with Gasteiger partial charge in [0, 0.05) is 12.1 Å². The minimum atomic E-state index is -0.247. The van der Waals surface area contributed by atoms with Crippen LogP contribution in [0.3, 0.4) is 0 Å². The van der Waals surface area contributed by atoms with E-state index in [1.54, 1.807) is 12.1 Å². The van der Waals surface area contributed by atoms with Crippen LogP contribution in [0.25, 0.3) is 0 Å². The van der Waals surface area contributed by atoms with Crippen LogP contribution in [0, 0.1) is 5.41 Å². The third-order valence-corrected chi connectivity index (χ3v) is 3.58. The largest absolute Gasteiger partial charge is 0.348 e. The standard InChI is InChI=1S/C13H18N2O2/c1-13(2)8-4-6-10(13)15-12(17)9-5-3-7-11(16)14-9/h3,5,7,10H,4,6,8H2,1-2H3,(H,14,16)(H,15,17). The normalized spacial score (nSPS) is 22.4. The van der Waals surface area contributed by atoms with Gasteiger partial charge >= 0.3 is 0 Å². The molecule has 0 bridgehead atoms. The van der Waals surface area contributed by atoms with Gasteiger partial charge in [0.1, 0.15) is 5.69 Å². The van der Waals surface area contributed by atoms with E-state index in [1.807, 2.05) is 0 Å². The summed E-state index contributed by atoms with van der Waals surface area (Å²) in [7, 11) is 0. The number of hydrogen-bond acceptors (Lipinski definition) is 2. The highest BCUT2D eigenvalue weighted by Gasteiger charge is 2.35. The Kier molecular flexibility index (Phi) is 3.05. The maximum Gasteiger partial charge on any atom is 0.268 e. The van der Waals surface area contributed by atoms with Crippen molar-refractivity contribution in [2.24, 2.45) is 5.41 Å². The predicted molar refractivity (Wildman–Crippen MR) is 65.9 cm³/mol. The minimum Gasteiger partial charge on any atom is -0.348 e. The molecule has 1 saturated carbocycles. The van der Waals surface area contributed by atoms with E-state index in [9.17, 15) is 9.59 Å². The number of nitrogens with one attached hydrogen (secondary N) is 2. The lowest BCUT2D eigenvalue weighted by Gasteiger charge is -2.27. The molecule has 1 amide bonds. The fourth-order valence-corrected chi connectivity index (χ4v) is 2.41. The van der Waals surface area contributed by atoms with Crippen LogP contribution in [0.2, 0.25) is 0 Å². The summed E-state index contributed by atoms with van der Waals surface area (Å²) in [6, 6.07) is 4.81. The Morgan fingerprint density at radius 2 is 2.24 bits per heavy atom. The zero-order valence-electron chi connectivity index (χ0n) is 10.2. The van der Waals surface area contributed by atoms with Crippen molar-refractivity contribution in [1.82, 2.24) is 10.3 Å². The highest BCUT2D eigenvalue weighted by atomic mass is 16.2. The van der Waals surface area contributed by atoms with E-state index in [-0.39, 0.29) is 22.9 Å². The molecule has 2 rings (SSSR count). The summed E-state index contributed by atoms with van der Waals surface area (Å²) in [5, 5.41) is 3.00. The van der Waals surface area contributed by atoms with Crippen LogP contribution < -0.4 is 10.9 Å². The Balaban J connectivity index is 2.10. The van der Waals surface area contributed by atoms with Gasteiger partial charge in [0.15, 0.2) is 0 Å². The molecule has 4 nitrogen and oxygen atoms in total. The molecular weight excluding hydrogens is 216 g/mol. The molecule has 17 heavy (non-hydrogen) atoms. The van der Waals surface area contributed by atoms with Crippen LogP contribution in [0.5, 0.6) is 0 Å². The van der Waals surface area contributed by atoms with Gasteiger partial charge < -0.3 is 10.3 Å². The number of aromatic amines is 1. The summed E-state index contributed by atoms with van der Waals surface area (Å²) in [4.78, 5) is 25.6. The van der Waals surface area contributed by atoms with Gasteiger partial charge in [0.05, 0.1) is 0 Å². The molecule has 2 N–H and O–H groups in total. The molecule has 1 unspecified atom stereocenters. The fourth-order valence-electron chi connectivity index (χ4n) is 2.41. The Morgan fingerprint density at radius 3 is 2.82 bits per heavy atom. The van der Waals surface area contributed by atoms with Crippen molar-refractivity contribution in [3.63, 3.8) is 0 Å². The van der Waals surface area contributed by atoms with E-state index >= 15 is 0 Å². The Bertz CT molecular complexity index is 476. The first-order valence-electron chi connectivity index (χ1n) is 5.99. The summed E-state index contributed by atoms with van der Waals surface area (Å²) in [5.41, 5.74) is 0.230. The van der Waals surface area contributed by atoms with Gasteiger partial charge in [-0.1, -0.05) is 26.3 Å². The molecule has 1 aromatic rings. The van der Waals surface area contributed by atoms with E-state index in [1.165, 1.54) is 6.07 Å². The summed E-state index contributed by atoms with van der Waals surface area (Å²) in [6.07, 6.45) is 3.28. The predicted octanol–water partition coefficient (Wildman–Crippen LogP) is 1.68. The Morgan fingerprint density at radius 1 is 1.47 bits per heavy atom. The van der Waals surface area contributed by atoms with Gasteiger partial charge in [-0.25, -0.2) is 0 Å². The highest BCUT2D eigenvalue weighted by Crippen LogP contribution is 2.37. The quantitative estimate of drug-likeness (QED) is 0.818. The van der Waals surface area contributed by atoms with E-state index < -0.39 is 0 Å². The van der Waals surface area contributed by atoms with Gasteiger partial charge in [-0.2, -0.15) is 0 Å². The average Bonchev–Trinajstić information content (AvgIpc) is 2.58. The van der Waals surface area contributed by atoms with Crippen LogP contribution in [-0.4, -0.2) is 16.9 Å². The first-order chi connectivity index (χ1) is 7.99. The van der Waals surface area contributed by atoms with Crippen molar-refractivity contribution >= 4 is 5.91 Å². The minimum absolute atomic E-state index is 0.144. The van der Waals surface area contributed by atoms with Crippen molar-refractivity contribution < 1.29 is 4.79 Å². The van der Waals surface area contributed by atoms with Gasteiger partial charge in [-0.05, 0) is 24.3 Å². The van der Waals surface area contributed by atoms with Crippen LogP contribution in [0.4, 0.5) is 0 Å². The lowest BCUT2D eigenvalue weighted by molar-refractivity contribution is 0.0904. The van der Waals surface area contributed by atoms with Gasteiger partial charge in [0.25, 0.3) is 5.91 Å². The number of rotatable bonds is 2. The molecule has 1 atom stereocenters. The number of aromatic nitrogens is 1. The first kappa shape index (κ1) is 11.9. The van der Waals surface area contributed by atoms with E-state index in [4.69, 9.17) is 0 Å². The molecule has 0 radical (unpaired) electrons. The molecule has 0 saturated heterocycles. The van der Waals surface area contributed by atoms with Crippen molar-refractivity contribution in [2.45, 2.75) is 39.2 Å². The molecule has 1 aliphatic carbocycles. The van der Waals surface area contributed by atoms with E-state index in [0.29, 0.717) is 5.69 Å². The third kappa shape index (κ3) is 2.57. The molecule has 92 valence electrons. The van der Waals surface area contributed by atoms with Crippen molar-refractivity contribution in [3.05, 3.63) is 34.2 Å². The number of amides is 1. The lowest BCUT2D eigenvalue weighted by Crippen LogP contribution is -2.42. The number of carbonyl (C=O) groups excluding carboxylic acids is 1. The second-order valence-electron chi connectivity index (χ2n) is 5.34. The zero-order valence-corrected chi connectivity index (χ0v) is 10.2. The molecule has 1 fully saturated rings. The number of H-pyrrole nitrogens is 1. The van der Waals surface area contributed by atoms with Crippen molar-refractivity contribution in [3.8, 4) is 0 Å². The summed E-state index contributed by atoms with van der Waals surface area (Å²) in [6.45, 7) is 4.33. The van der Waals surface area contributed by atoms with Gasteiger partial charge in [0.2, 0.25) is 5.56 Å². The average molecular weight is 234 g/mol. The smallest absolute Gasteiger partial charge is 0.268 e. The molecule has 0 aromatic carbocycles. The van der Waals surface area contributed by atoms with Crippen LogP contribution in [0.15, 0.2) is 23.0 Å². The maximum absolute atomic E-state index is 12.0. The molecule has 4 heteroatoms. The summed E-state index contributed by atoms with van der Waals surface area (Å²) >= 11 is 0. The SMILES string of the molecule is CC1(C)CCCC1NC(=O)c1cccc(=O)[nH]1. The fraction of sp³-hybridized carbons (Fsp3) is 0.538. The molecule has 1 aromatic heterocycles.